The molecule has 4 aromatic rings. The number of carbonyl (C=O) groups is 3. The van der Waals surface area contributed by atoms with Crippen molar-refractivity contribution in [3.63, 3.8) is 0 Å². The molecule has 0 spiro atoms. The number of fused-ring (bicyclic) bond motifs is 1. The first-order valence-electron chi connectivity index (χ1n) is 15.5. The van der Waals surface area contributed by atoms with Gasteiger partial charge in [0.05, 0.1) is 6.42 Å². The molecule has 4 aromatic carbocycles. The van der Waals surface area contributed by atoms with Crippen molar-refractivity contribution in [1.29, 1.82) is 0 Å². The highest BCUT2D eigenvalue weighted by Crippen LogP contribution is 2.21. The Morgan fingerprint density at radius 1 is 0.705 bits per heavy atom. The summed E-state index contributed by atoms with van der Waals surface area (Å²) in [5, 5.41) is 8.36. The molecule has 44 heavy (non-hydrogen) atoms. The van der Waals surface area contributed by atoms with Gasteiger partial charge < -0.3 is 15.4 Å². The lowest BCUT2D eigenvalue weighted by molar-refractivity contribution is -0.157. The van der Waals surface area contributed by atoms with E-state index in [-0.39, 0.29) is 18.2 Å². The van der Waals surface area contributed by atoms with Crippen molar-refractivity contribution >= 4 is 28.6 Å². The lowest BCUT2D eigenvalue weighted by Gasteiger charge is -2.24. The molecule has 2 amide bonds. The summed E-state index contributed by atoms with van der Waals surface area (Å²) >= 11 is 0. The first-order chi connectivity index (χ1) is 21.2. The fraction of sp³-hybridized carbons (Fsp3) is 0.342. The van der Waals surface area contributed by atoms with Gasteiger partial charge in [-0.15, -0.1) is 0 Å². The van der Waals surface area contributed by atoms with Crippen LogP contribution >= 0.6 is 0 Å². The predicted octanol–water partition coefficient (Wildman–Crippen LogP) is 6.60. The average Bonchev–Trinajstić information content (AvgIpc) is 3.00. The molecule has 0 aromatic heterocycles. The maximum Gasteiger partial charge on any atom is 0.307 e. The topological polar surface area (TPSA) is 84.5 Å². The van der Waals surface area contributed by atoms with Crippen LogP contribution in [0.1, 0.15) is 56.7 Å². The van der Waals surface area contributed by atoms with Gasteiger partial charge in [-0.2, -0.15) is 0 Å². The van der Waals surface area contributed by atoms with Crippen LogP contribution in [0.15, 0.2) is 103 Å². The minimum Gasteiger partial charge on any atom is -0.460 e. The van der Waals surface area contributed by atoms with Crippen LogP contribution in [0, 0.1) is 5.92 Å². The fourth-order valence-corrected chi connectivity index (χ4v) is 5.30. The zero-order valence-corrected chi connectivity index (χ0v) is 26.1. The van der Waals surface area contributed by atoms with E-state index in [1.807, 2.05) is 93.6 Å². The van der Waals surface area contributed by atoms with Crippen LogP contribution in [0.4, 0.5) is 0 Å². The number of rotatable bonds is 14. The van der Waals surface area contributed by atoms with Crippen molar-refractivity contribution in [2.75, 3.05) is 6.54 Å². The van der Waals surface area contributed by atoms with E-state index >= 15 is 0 Å². The van der Waals surface area contributed by atoms with Crippen molar-refractivity contribution in [2.45, 2.75) is 70.9 Å². The van der Waals surface area contributed by atoms with Crippen molar-refractivity contribution in [1.82, 2.24) is 10.6 Å². The standard InChI is InChI=1S/C38H44N2O4/c1-38(2,3)44-35(41)27-33(20-12-17-30-21-22-31-18-10-11-19-32(31)25-30)36(42)40-34(26-29-15-8-5-9-16-29)37(43)39-24-23-28-13-6-4-7-14-28/h4-11,13-16,18-19,21-22,25,33-34H,12,17,20,23-24,26-27H2,1-3H3,(H,39,43)(H,40,42). The molecule has 230 valence electrons. The van der Waals surface area contributed by atoms with E-state index in [9.17, 15) is 14.4 Å². The maximum absolute atomic E-state index is 13.8. The Hall–Kier alpha value is -4.45. The zero-order valence-electron chi connectivity index (χ0n) is 26.1. The zero-order chi connectivity index (χ0) is 31.4. The van der Waals surface area contributed by atoms with Crippen molar-refractivity contribution in [3.05, 3.63) is 120 Å². The van der Waals surface area contributed by atoms with Gasteiger partial charge in [-0.3, -0.25) is 14.4 Å². The number of aryl methyl sites for hydroxylation is 1. The number of ether oxygens (including phenoxy) is 1. The Morgan fingerprint density at radius 2 is 1.34 bits per heavy atom. The normalized spacial score (nSPS) is 12.7. The molecule has 0 fully saturated rings. The van der Waals surface area contributed by atoms with E-state index in [1.54, 1.807) is 0 Å². The van der Waals surface area contributed by atoms with Crippen LogP contribution in [0.2, 0.25) is 0 Å². The third-order valence-corrected chi connectivity index (χ3v) is 7.51. The number of hydrogen-bond donors (Lipinski definition) is 2. The van der Waals surface area contributed by atoms with Crippen LogP contribution in [-0.4, -0.2) is 36.0 Å². The molecule has 6 heteroatoms. The third-order valence-electron chi connectivity index (χ3n) is 7.51. The summed E-state index contributed by atoms with van der Waals surface area (Å²) < 4.78 is 5.58. The second-order valence-corrected chi connectivity index (χ2v) is 12.3. The lowest BCUT2D eigenvalue weighted by Crippen LogP contribution is -2.50. The first kappa shape index (κ1) is 32.5. The second kappa shape index (κ2) is 15.9. The maximum atomic E-state index is 13.8. The van der Waals surface area contributed by atoms with Crippen LogP contribution in [0.25, 0.3) is 10.8 Å². The minimum absolute atomic E-state index is 0.0471. The monoisotopic (exact) mass is 592 g/mol. The number of amides is 2. The van der Waals surface area contributed by atoms with Gasteiger partial charge in [0, 0.05) is 18.9 Å². The summed E-state index contributed by atoms with van der Waals surface area (Å²) in [6.45, 7) is 5.90. The quantitative estimate of drug-likeness (QED) is 0.162. The van der Waals surface area contributed by atoms with Crippen molar-refractivity contribution < 1.29 is 19.1 Å². The Balaban J connectivity index is 1.44. The molecule has 4 rings (SSSR count). The summed E-state index contributed by atoms with van der Waals surface area (Å²) in [5.74, 6) is -1.60. The Kier molecular flexibility index (Phi) is 11.7. The predicted molar refractivity (Wildman–Crippen MR) is 176 cm³/mol. The lowest BCUT2D eigenvalue weighted by atomic mass is 9.94. The highest BCUT2D eigenvalue weighted by molar-refractivity contribution is 5.90. The highest BCUT2D eigenvalue weighted by atomic mass is 16.6. The van der Waals surface area contributed by atoms with Gasteiger partial charge in [0.2, 0.25) is 11.8 Å². The molecule has 0 saturated heterocycles. The Labute approximate surface area is 261 Å². The third kappa shape index (κ3) is 10.7. The van der Waals surface area contributed by atoms with Gasteiger partial charge in [0.15, 0.2) is 0 Å². The van der Waals surface area contributed by atoms with Crippen LogP contribution in [0.5, 0.6) is 0 Å². The van der Waals surface area contributed by atoms with Crippen LogP contribution < -0.4 is 10.6 Å². The highest BCUT2D eigenvalue weighted by Gasteiger charge is 2.29. The molecule has 6 nitrogen and oxygen atoms in total. The largest absolute Gasteiger partial charge is 0.460 e. The van der Waals surface area contributed by atoms with Crippen LogP contribution in [0.3, 0.4) is 0 Å². The van der Waals surface area contributed by atoms with E-state index in [1.165, 1.54) is 16.3 Å². The Morgan fingerprint density at radius 3 is 2.02 bits per heavy atom. The van der Waals surface area contributed by atoms with E-state index in [2.05, 4.69) is 41.0 Å². The second-order valence-electron chi connectivity index (χ2n) is 12.3. The molecule has 0 saturated carbocycles. The van der Waals surface area contributed by atoms with E-state index < -0.39 is 23.5 Å². The number of esters is 1. The van der Waals surface area contributed by atoms with Gasteiger partial charge in [0.1, 0.15) is 11.6 Å². The molecule has 0 aliphatic rings. The van der Waals surface area contributed by atoms with Gasteiger partial charge in [-0.25, -0.2) is 0 Å². The number of carbonyl (C=O) groups excluding carboxylic acids is 3. The van der Waals surface area contributed by atoms with Gasteiger partial charge in [-0.05, 0) is 73.9 Å². The van der Waals surface area contributed by atoms with Crippen molar-refractivity contribution in [2.24, 2.45) is 5.92 Å². The Bertz CT molecular complexity index is 1510. The van der Waals surface area contributed by atoms with Crippen LogP contribution in [-0.2, 0) is 38.4 Å². The smallest absolute Gasteiger partial charge is 0.307 e. The van der Waals surface area contributed by atoms with E-state index in [4.69, 9.17) is 4.74 Å². The molecule has 2 N–H and O–H groups in total. The van der Waals surface area contributed by atoms with E-state index in [0.29, 0.717) is 32.2 Å². The molecule has 0 bridgehead atoms. The summed E-state index contributed by atoms with van der Waals surface area (Å²) in [5.41, 5.74) is 2.59. The van der Waals surface area contributed by atoms with Gasteiger partial charge in [0.25, 0.3) is 0 Å². The van der Waals surface area contributed by atoms with Gasteiger partial charge in [-0.1, -0.05) is 103 Å². The number of benzene rings is 4. The summed E-state index contributed by atoms with van der Waals surface area (Å²) in [4.78, 5) is 40.0. The molecule has 0 heterocycles. The molecule has 0 aliphatic heterocycles. The number of nitrogens with one attached hydrogen (secondary N) is 2. The average molecular weight is 593 g/mol. The molecular formula is C38H44N2O4. The molecule has 2 atom stereocenters. The molecule has 0 aliphatic carbocycles. The van der Waals surface area contributed by atoms with Crippen molar-refractivity contribution in [3.8, 4) is 0 Å². The molecular weight excluding hydrogens is 548 g/mol. The van der Waals surface area contributed by atoms with Gasteiger partial charge >= 0.3 is 5.97 Å². The van der Waals surface area contributed by atoms with E-state index in [0.717, 1.165) is 17.5 Å². The first-order valence-corrected chi connectivity index (χ1v) is 15.5. The summed E-state index contributed by atoms with van der Waals surface area (Å²) in [7, 11) is 0. The fourth-order valence-electron chi connectivity index (χ4n) is 5.30. The molecule has 2 unspecified atom stereocenters. The number of hydrogen-bond acceptors (Lipinski definition) is 4. The molecule has 0 radical (unpaired) electrons. The minimum atomic E-state index is -0.776. The SMILES string of the molecule is CC(C)(C)OC(=O)CC(CCCc1ccc2ccccc2c1)C(=O)NC(Cc1ccccc1)C(=O)NCCc1ccccc1. The summed E-state index contributed by atoms with van der Waals surface area (Å²) in [6, 6.07) is 33.4. The summed E-state index contributed by atoms with van der Waals surface area (Å²) in [6.07, 6.45) is 2.97.